The quantitative estimate of drug-likeness (QED) is 0.935. The van der Waals surface area contributed by atoms with Crippen molar-refractivity contribution in [2.45, 2.75) is 44.1 Å². The Morgan fingerprint density at radius 3 is 2.55 bits per heavy atom. The van der Waals surface area contributed by atoms with E-state index in [0.29, 0.717) is 18.1 Å². The van der Waals surface area contributed by atoms with Gasteiger partial charge >= 0.3 is 0 Å². The summed E-state index contributed by atoms with van der Waals surface area (Å²) in [5.41, 5.74) is 6.85. The van der Waals surface area contributed by atoms with Gasteiger partial charge in [0.05, 0.1) is 5.54 Å². The van der Waals surface area contributed by atoms with Gasteiger partial charge in [0.1, 0.15) is 5.82 Å². The van der Waals surface area contributed by atoms with E-state index in [9.17, 15) is 4.39 Å². The number of halogens is 1. The highest BCUT2D eigenvalue weighted by atomic mass is 19.1. The van der Waals surface area contributed by atoms with Gasteiger partial charge in [0.25, 0.3) is 0 Å². The van der Waals surface area contributed by atoms with Crippen LogP contribution in [0, 0.1) is 5.82 Å². The van der Waals surface area contributed by atoms with Crippen LogP contribution in [0.15, 0.2) is 28.8 Å². The molecular formula is C15H18FN3O. The first-order chi connectivity index (χ1) is 9.66. The van der Waals surface area contributed by atoms with Crippen molar-refractivity contribution in [2.75, 3.05) is 0 Å². The van der Waals surface area contributed by atoms with Gasteiger partial charge in [-0.3, -0.25) is 0 Å². The van der Waals surface area contributed by atoms with Crippen LogP contribution in [-0.2, 0) is 12.0 Å². The van der Waals surface area contributed by atoms with Crippen molar-refractivity contribution in [1.82, 2.24) is 10.1 Å². The normalized spacial score (nSPS) is 18.1. The molecule has 1 aliphatic carbocycles. The summed E-state index contributed by atoms with van der Waals surface area (Å²) in [4.78, 5) is 4.43. The second-order valence-corrected chi connectivity index (χ2v) is 5.54. The zero-order chi connectivity index (χ0) is 14.0. The van der Waals surface area contributed by atoms with Gasteiger partial charge < -0.3 is 10.3 Å². The summed E-state index contributed by atoms with van der Waals surface area (Å²) >= 11 is 0. The molecule has 3 rings (SSSR count). The van der Waals surface area contributed by atoms with Crippen LogP contribution in [0.3, 0.4) is 0 Å². The zero-order valence-corrected chi connectivity index (χ0v) is 11.3. The van der Waals surface area contributed by atoms with E-state index in [-0.39, 0.29) is 5.82 Å². The number of aromatic nitrogens is 2. The molecule has 4 nitrogen and oxygen atoms in total. The van der Waals surface area contributed by atoms with Gasteiger partial charge in [-0.1, -0.05) is 36.6 Å². The summed E-state index contributed by atoms with van der Waals surface area (Å²) in [6, 6.07) is 6.32. The fourth-order valence-electron chi connectivity index (χ4n) is 2.71. The molecule has 1 saturated carbocycles. The number of hydrogen-bond donors (Lipinski definition) is 1. The minimum absolute atomic E-state index is 0.245. The van der Waals surface area contributed by atoms with Gasteiger partial charge in [0.2, 0.25) is 5.89 Å². The van der Waals surface area contributed by atoms with Crippen molar-refractivity contribution in [2.24, 2.45) is 5.73 Å². The average Bonchev–Trinajstić information content (AvgIpc) is 2.92. The van der Waals surface area contributed by atoms with Crippen LogP contribution in [0.1, 0.15) is 49.4 Å². The van der Waals surface area contributed by atoms with E-state index in [4.69, 9.17) is 10.3 Å². The van der Waals surface area contributed by atoms with E-state index in [1.807, 2.05) is 0 Å². The van der Waals surface area contributed by atoms with Crippen molar-refractivity contribution in [3.8, 4) is 0 Å². The predicted octanol–water partition coefficient (Wildman–Crippen LogP) is 2.92. The molecule has 1 aromatic heterocycles. The Bertz CT molecular complexity index is 573. The first kappa shape index (κ1) is 13.2. The fourth-order valence-corrected chi connectivity index (χ4v) is 2.71. The number of benzene rings is 1. The van der Waals surface area contributed by atoms with Crippen molar-refractivity contribution in [3.63, 3.8) is 0 Å². The molecule has 2 aromatic rings. The first-order valence-corrected chi connectivity index (χ1v) is 7.02. The highest BCUT2D eigenvalue weighted by molar-refractivity contribution is 5.19. The molecule has 0 bridgehead atoms. The standard InChI is InChI=1S/C15H18FN3O/c16-12-6-4-11(5-7-12)10-13-18-14(20-19-13)15(17)8-2-1-3-9-15/h4-7H,1-3,8-10,17H2. The van der Waals surface area contributed by atoms with Gasteiger partial charge in [-0.15, -0.1) is 0 Å². The van der Waals surface area contributed by atoms with Crippen molar-refractivity contribution >= 4 is 0 Å². The second-order valence-electron chi connectivity index (χ2n) is 5.54. The molecule has 1 aromatic carbocycles. The summed E-state index contributed by atoms with van der Waals surface area (Å²) < 4.78 is 18.2. The second kappa shape index (κ2) is 5.32. The van der Waals surface area contributed by atoms with Crippen LogP contribution >= 0.6 is 0 Å². The Labute approximate surface area is 117 Å². The molecule has 106 valence electrons. The molecule has 2 N–H and O–H groups in total. The van der Waals surface area contributed by atoms with E-state index in [2.05, 4.69) is 10.1 Å². The maximum atomic E-state index is 12.9. The van der Waals surface area contributed by atoms with E-state index in [1.54, 1.807) is 12.1 Å². The molecule has 0 radical (unpaired) electrons. The molecule has 1 fully saturated rings. The molecule has 0 spiro atoms. The van der Waals surface area contributed by atoms with E-state index >= 15 is 0 Å². The van der Waals surface area contributed by atoms with Crippen LogP contribution in [0.25, 0.3) is 0 Å². The van der Waals surface area contributed by atoms with Crippen molar-refractivity contribution in [1.29, 1.82) is 0 Å². The van der Waals surface area contributed by atoms with Gasteiger partial charge in [0.15, 0.2) is 5.82 Å². The van der Waals surface area contributed by atoms with Gasteiger partial charge in [-0.05, 0) is 30.5 Å². The van der Waals surface area contributed by atoms with Gasteiger partial charge in [-0.25, -0.2) is 4.39 Å². The third-order valence-electron chi connectivity index (χ3n) is 3.92. The number of hydrogen-bond acceptors (Lipinski definition) is 4. The van der Waals surface area contributed by atoms with E-state index < -0.39 is 5.54 Å². The van der Waals surface area contributed by atoms with Crippen LogP contribution in [0.2, 0.25) is 0 Å². The van der Waals surface area contributed by atoms with Crippen molar-refractivity contribution < 1.29 is 8.91 Å². The third-order valence-corrected chi connectivity index (χ3v) is 3.92. The van der Waals surface area contributed by atoms with Crippen LogP contribution in [0.4, 0.5) is 4.39 Å². The largest absolute Gasteiger partial charge is 0.337 e. The Balaban J connectivity index is 1.74. The first-order valence-electron chi connectivity index (χ1n) is 7.02. The lowest BCUT2D eigenvalue weighted by molar-refractivity contribution is 0.219. The Morgan fingerprint density at radius 1 is 1.15 bits per heavy atom. The minimum Gasteiger partial charge on any atom is -0.337 e. The number of rotatable bonds is 3. The van der Waals surface area contributed by atoms with Crippen LogP contribution in [0.5, 0.6) is 0 Å². The maximum Gasteiger partial charge on any atom is 0.246 e. The molecular weight excluding hydrogens is 257 g/mol. The smallest absolute Gasteiger partial charge is 0.246 e. The molecule has 0 saturated heterocycles. The molecule has 1 aliphatic rings. The Hall–Kier alpha value is -1.75. The maximum absolute atomic E-state index is 12.9. The molecule has 1 heterocycles. The molecule has 0 amide bonds. The predicted molar refractivity (Wildman–Crippen MR) is 72.5 cm³/mol. The lowest BCUT2D eigenvalue weighted by Gasteiger charge is -2.29. The summed E-state index contributed by atoms with van der Waals surface area (Å²) in [6.45, 7) is 0. The van der Waals surface area contributed by atoms with Crippen LogP contribution in [-0.4, -0.2) is 10.1 Å². The summed E-state index contributed by atoms with van der Waals surface area (Å²) in [7, 11) is 0. The Kier molecular flexibility index (Phi) is 3.53. The van der Waals surface area contributed by atoms with E-state index in [0.717, 1.165) is 31.2 Å². The lowest BCUT2D eigenvalue weighted by atomic mass is 9.82. The molecule has 0 aliphatic heterocycles. The SMILES string of the molecule is NC1(c2nc(Cc3ccc(F)cc3)no2)CCCCC1. The van der Waals surface area contributed by atoms with Crippen LogP contribution < -0.4 is 5.73 Å². The molecule has 0 unspecified atom stereocenters. The highest BCUT2D eigenvalue weighted by Gasteiger charge is 2.35. The zero-order valence-electron chi connectivity index (χ0n) is 11.3. The van der Waals surface area contributed by atoms with E-state index in [1.165, 1.54) is 18.6 Å². The monoisotopic (exact) mass is 275 g/mol. The Morgan fingerprint density at radius 2 is 1.85 bits per heavy atom. The molecule has 5 heteroatoms. The van der Waals surface area contributed by atoms with Gasteiger partial charge in [0, 0.05) is 6.42 Å². The fraction of sp³-hybridized carbons (Fsp3) is 0.467. The lowest BCUT2D eigenvalue weighted by Crippen LogP contribution is -2.39. The summed E-state index contributed by atoms with van der Waals surface area (Å²) in [5.74, 6) is 0.891. The third kappa shape index (κ3) is 2.72. The number of nitrogens with zero attached hydrogens (tertiary/aromatic N) is 2. The van der Waals surface area contributed by atoms with Gasteiger partial charge in [-0.2, -0.15) is 4.98 Å². The highest BCUT2D eigenvalue weighted by Crippen LogP contribution is 2.33. The van der Waals surface area contributed by atoms with Crippen molar-refractivity contribution in [3.05, 3.63) is 47.4 Å². The average molecular weight is 275 g/mol. The topological polar surface area (TPSA) is 64.9 Å². The molecule has 20 heavy (non-hydrogen) atoms. The minimum atomic E-state index is -0.466. The number of nitrogens with two attached hydrogens (primary N) is 1. The summed E-state index contributed by atoms with van der Waals surface area (Å²) in [5, 5.41) is 3.99. The molecule has 0 atom stereocenters. The summed E-state index contributed by atoms with van der Waals surface area (Å²) in [6.07, 6.45) is 5.74.